The predicted octanol–water partition coefficient (Wildman–Crippen LogP) is 3.71. The Morgan fingerprint density at radius 2 is 1.42 bits per heavy atom. The summed E-state index contributed by atoms with van der Waals surface area (Å²) in [6.45, 7) is 7.24. The van der Waals surface area contributed by atoms with Crippen LogP contribution in [0.5, 0.6) is 0 Å². The summed E-state index contributed by atoms with van der Waals surface area (Å²) in [6, 6.07) is 0. The molecule has 0 aromatic rings. The second-order valence-corrected chi connectivity index (χ2v) is 5.38. The summed E-state index contributed by atoms with van der Waals surface area (Å²) in [5.41, 5.74) is 0. The molecule has 2 saturated carbocycles. The Morgan fingerprint density at radius 3 is 1.83 bits per heavy atom. The minimum Gasteiger partial charge on any atom is -0.0622 e. The lowest BCUT2D eigenvalue weighted by Gasteiger charge is -2.41. The lowest BCUT2D eigenvalue weighted by molar-refractivity contribution is 0.0913. The molecule has 2 aliphatic rings. The van der Waals surface area contributed by atoms with Crippen LogP contribution in [0, 0.1) is 29.6 Å². The van der Waals surface area contributed by atoms with Gasteiger partial charge in [0.1, 0.15) is 0 Å². The van der Waals surface area contributed by atoms with Gasteiger partial charge in [0.05, 0.1) is 0 Å². The third-order valence-corrected chi connectivity index (χ3v) is 4.50. The number of hydrogen-bond acceptors (Lipinski definition) is 0. The summed E-state index contributed by atoms with van der Waals surface area (Å²) in [4.78, 5) is 0. The van der Waals surface area contributed by atoms with Crippen LogP contribution < -0.4 is 0 Å². The highest BCUT2D eigenvalue weighted by atomic mass is 14.4. The summed E-state index contributed by atoms with van der Waals surface area (Å²) in [5, 5.41) is 0. The third-order valence-electron chi connectivity index (χ3n) is 4.50. The van der Waals surface area contributed by atoms with Gasteiger partial charge in [-0.3, -0.25) is 0 Å². The molecule has 0 bridgehead atoms. The first kappa shape index (κ1) is 8.59. The smallest absolute Gasteiger partial charge is 0.0383 e. The van der Waals surface area contributed by atoms with E-state index < -0.39 is 0 Å². The van der Waals surface area contributed by atoms with Gasteiger partial charge in [-0.05, 0) is 55.3 Å². The normalized spacial score (nSPS) is 51.8. The van der Waals surface area contributed by atoms with Gasteiger partial charge in [0.25, 0.3) is 0 Å². The van der Waals surface area contributed by atoms with E-state index in [0.29, 0.717) is 0 Å². The van der Waals surface area contributed by atoms with Gasteiger partial charge in [-0.2, -0.15) is 0 Å². The van der Waals surface area contributed by atoms with E-state index in [2.05, 4.69) is 20.8 Å². The largest absolute Gasteiger partial charge is 0.0622 e. The molecular weight excluding hydrogens is 144 g/mol. The Balaban J connectivity index is 1.62. The molecule has 5 unspecified atom stereocenters. The lowest BCUT2D eigenvalue weighted by Crippen LogP contribution is -2.32. The van der Waals surface area contributed by atoms with Crippen molar-refractivity contribution >= 4 is 0 Å². The average molecular weight is 166 g/mol. The Hall–Kier alpha value is 0. The van der Waals surface area contributed by atoms with Crippen molar-refractivity contribution in [3.8, 4) is 0 Å². The van der Waals surface area contributed by atoms with Crippen molar-refractivity contribution in [3.05, 3.63) is 0 Å². The number of rotatable bonds is 3. The van der Waals surface area contributed by atoms with Crippen molar-refractivity contribution < 1.29 is 0 Å². The van der Waals surface area contributed by atoms with E-state index >= 15 is 0 Å². The zero-order valence-electron chi connectivity index (χ0n) is 8.72. The monoisotopic (exact) mass is 166 g/mol. The Kier molecular flexibility index (Phi) is 2.18. The minimum atomic E-state index is 1.02. The molecule has 0 amide bonds. The molecule has 2 aliphatic carbocycles. The van der Waals surface area contributed by atoms with Crippen LogP contribution in [0.3, 0.4) is 0 Å². The lowest BCUT2D eigenvalue weighted by atomic mass is 9.65. The molecule has 0 saturated heterocycles. The molecule has 0 nitrogen and oxygen atoms in total. The van der Waals surface area contributed by atoms with E-state index in [9.17, 15) is 0 Å². The molecule has 0 aromatic carbocycles. The predicted molar refractivity (Wildman–Crippen MR) is 52.9 cm³/mol. The summed E-state index contributed by atoms with van der Waals surface area (Å²) in [7, 11) is 0. The number of hydrogen-bond donors (Lipinski definition) is 0. The van der Waals surface area contributed by atoms with Gasteiger partial charge in [0, 0.05) is 0 Å². The molecule has 0 aliphatic heterocycles. The minimum absolute atomic E-state index is 1.02. The highest BCUT2D eigenvalue weighted by Gasteiger charge is 2.37. The van der Waals surface area contributed by atoms with Crippen molar-refractivity contribution in [2.24, 2.45) is 29.6 Å². The van der Waals surface area contributed by atoms with Crippen LogP contribution >= 0.6 is 0 Å². The third kappa shape index (κ3) is 1.53. The first-order chi connectivity index (χ1) is 5.68. The molecule has 2 fully saturated rings. The maximum atomic E-state index is 2.44. The van der Waals surface area contributed by atoms with Crippen molar-refractivity contribution in [3.63, 3.8) is 0 Å². The van der Waals surface area contributed by atoms with Crippen LogP contribution in [0.15, 0.2) is 0 Å². The molecule has 0 aromatic heterocycles. The van der Waals surface area contributed by atoms with Gasteiger partial charge in [0.2, 0.25) is 0 Å². The van der Waals surface area contributed by atoms with Gasteiger partial charge < -0.3 is 0 Å². The summed E-state index contributed by atoms with van der Waals surface area (Å²) >= 11 is 0. The van der Waals surface area contributed by atoms with Crippen LogP contribution in [0.4, 0.5) is 0 Å². The molecule has 12 heavy (non-hydrogen) atoms. The van der Waals surface area contributed by atoms with Crippen LogP contribution in [-0.2, 0) is 0 Å². The van der Waals surface area contributed by atoms with E-state index in [1.165, 1.54) is 25.7 Å². The fraction of sp³-hybridized carbons (Fsp3) is 1.00. The molecule has 0 heterocycles. The van der Waals surface area contributed by atoms with Crippen LogP contribution in [-0.4, -0.2) is 0 Å². The van der Waals surface area contributed by atoms with Crippen LogP contribution in [0.2, 0.25) is 0 Å². The van der Waals surface area contributed by atoms with Crippen LogP contribution in [0.25, 0.3) is 0 Å². The molecule has 0 radical (unpaired) electrons. The Morgan fingerprint density at radius 1 is 0.833 bits per heavy atom. The summed E-state index contributed by atoms with van der Waals surface area (Å²) < 4.78 is 0. The second-order valence-electron chi connectivity index (χ2n) is 5.38. The molecule has 0 N–H and O–H groups in total. The van der Waals surface area contributed by atoms with E-state index in [4.69, 9.17) is 0 Å². The molecule has 0 heteroatoms. The van der Waals surface area contributed by atoms with Gasteiger partial charge >= 0.3 is 0 Å². The van der Waals surface area contributed by atoms with Crippen LogP contribution in [0.1, 0.15) is 46.5 Å². The van der Waals surface area contributed by atoms with Gasteiger partial charge in [-0.1, -0.05) is 20.8 Å². The maximum absolute atomic E-state index is 2.44. The average Bonchev–Trinajstić information content (AvgIpc) is 2.75. The quantitative estimate of drug-likeness (QED) is 0.599. The molecule has 5 atom stereocenters. The fourth-order valence-corrected chi connectivity index (χ4v) is 2.79. The van der Waals surface area contributed by atoms with Crippen molar-refractivity contribution in [2.75, 3.05) is 0 Å². The highest BCUT2D eigenvalue weighted by Crippen LogP contribution is 2.47. The first-order valence-corrected chi connectivity index (χ1v) is 5.68. The van der Waals surface area contributed by atoms with Crippen molar-refractivity contribution in [2.45, 2.75) is 46.5 Å². The molecule has 2 rings (SSSR count). The Labute approximate surface area is 76.7 Å². The fourth-order valence-electron chi connectivity index (χ4n) is 2.79. The van der Waals surface area contributed by atoms with E-state index in [1.54, 1.807) is 0 Å². The maximum Gasteiger partial charge on any atom is -0.0383 e. The van der Waals surface area contributed by atoms with Gasteiger partial charge in [-0.25, -0.2) is 0 Å². The highest BCUT2D eigenvalue weighted by molar-refractivity contribution is 4.87. The van der Waals surface area contributed by atoms with Gasteiger partial charge in [0.15, 0.2) is 0 Å². The zero-order valence-corrected chi connectivity index (χ0v) is 8.72. The van der Waals surface area contributed by atoms with Crippen molar-refractivity contribution in [1.82, 2.24) is 0 Å². The summed E-state index contributed by atoms with van der Waals surface area (Å²) in [5.74, 6) is 5.32. The van der Waals surface area contributed by atoms with E-state index in [1.807, 2.05) is 0 Å². The second kappa shape index (κ2) is 3.05. The molecular formula is C12H22. The summed E-state index contributed by atoms with van der Waals surface area (Å²) in [6.07, 6.45) is 6.10. The van der Waals surface area contributed by atoms with Crippen molar-refractivity contribution in [1.29, 1.82) is 0 Å². The topological polar surface area (TPSA) is 0 Å². The zero-order chi connectivity index (χ0) is 8.72. The molecule has 0 spiro atoms. The molecule has 70 valence electrons. The van der Waals surface area contributed by atoms with E-state index in [0.717, 1.165) is 29.6 Å². The standard InChI is InChI=1S/C12H22/c1-8-6-12(10(8)3)5-4-11-7-9(11)2/h8-12H,4-7H2,1-3H3. The SMILES string of the molecule is CC1CC1CCC1CC(C)C1C. The Bertz CT molecular complexity index is 161. The van der Waals surface area contributed by atoms with Gasteiger partial charge in [-0.15, -0.1) is 0 Å². The first-order valence-electron chi connectivity index (χ1n) is 5.68. The van der Waals surface area contributed by atoms with E-state index in [-0.39, 0.29) is 0 Å².